The lowest BCUT2D eigenvalue weighted by molar-refractivity contribution is 0.601. The van der Waals surface area contributed by atoms with Crippen molar-refractivity contribution in [1.29, 1.82) is 0 Å². The van der Waals surface area contributed by atoms with Crippen LogP contribution in [0.3, 0.4) is 0 Å². The molecule has 106 valence electrons. The molecule has 6 heteroatoms. The van der Waals surface area contributed by atoms with Gasteiger partial charge in [-0.3, -0.25) is 9.71 Å². The Hall–Kier alpha value is -2.08. The van der Waals surface area contributed by atoms with Gasteiger partial charge in [0.15, 0.2) is 0 Å². The van der Waals surface area contributed by atoms with Crippen molar-refractivity contribution in [3.63, 3.8) is 0 Å². The number of hydrogen-bond acceptors (Lipinski definition) is 4. The van der Waals surface area contributed by atoms with E-state index in [-0.39, 0.29) is 4.90 Å². The third kappa shape index (κ3) is 2.91. The van der Waals surface area contributed by atoms with Gasteiger partial charge in [0.05, 0.1) is 5.69 Å². The van der Waals surface area contributed by atoms with Crippen molar-refractivity contribution in [2.24, 2.45) is 0 Å². The summed E-state index contributed by atoms with van der Waals surface area (Å²) in [7, 11) is -1.99. The molecule has 0 amide bonds. The molecule has 1 heterocycles. The third-order valence-electron chi connectivity index (χ3n) is 3.10. The molecule has 2 aromatic rings. The molecule has 5 nitrogen and oxygen atoms in total. The molecule has 1 aromatic heterocycles. The van der Waals surface area contributed by atoms with Crippen molar-refractivity contribution in [3.05, 3.63) is 47.8 Å². The molecule has 0 spiro atoms. The molecule has 2 N–H and O–H groups in total. The van der Waals surface area contributed by atoms with Crippen molar-refractivity contribution in [3.8, 4) is 0 Å². The highest BCUT2D eigenvalue weighted by atomic mass is 32.2. The van der Waals surface area contributed by atoms with E-state index in [1.165, 1.54) is 6.20 Å². The van der Waals surface area contributed by atoms with Crippen LogP contribution in [0, 0.1) is 13.8 Å². The average Bonchev–Trinajstić information content (AvgIpc) is 2.42. The summed E-state index contributed by atoms with van der Waals surface area (Å²) in [5.41, 5.74) is 3.20. The fraction of sp³-hybridized carbons (Fsp3) is 0.214. The molecule has 0 aliphatic carbocycles. The standard InChI is InChI=1S/C14H17N3O2S/c1-10-4-5-12(8-11(10)2)17-20(18,19)14-9-16-7-6-13(14)15-3/h4-9,17H,1-3H3,(H,15,16). The highest BCUT2D eigenvalue weighted by Gasteiger charge is 2.18. The van der Waals surface area contributed by atoms with E-state index in [1.807, 2.05) is 26.0 Å². The maximum atomic E-state index is 12.4. The molecule has 0 aliphatic rings. The summed E-state index contributed by atoms with van der Waals surface area (Å²) in [6, 6.07) is 7.06. The van der Waals surface area contributed by atoms with Gasteiger partial charge < -0.3 is 5.32 Å². The van der Waals surface area contributed by atoms with Gasteiger partial charge in [0.1, 0.15) is 4.90 Å². The van der Waals surface area contributed by atoms with Crippen molar-refractivity contribution in [1.82, 2.24) is 4.98 Å². The summed E-state index contributed by atoms with van der Waals surface area (Å²) in [5, 5.41) is 2.85. The molecule has 0 aliphatic heterocycles. The number of rotatable bonds is 4. The maximum absolute atomic E-state index is 12.4. The molecular formula is C14H17N3O2S. The van der Waals surface area contributed by atoms with Crippen molar-refractivity contribution < 1.29 is 8.42 Å². The zero-order valence-electron chi connectivity index (χ0n) is 11.6. The number of anilines is 2. The lowest BCUT2D eigenvalue weighted by atomic mass is 10.1. The summed E-state index contributed by atoms with van der Waals surface area (Å²) in [5.74, 6) is 0. The number of sulfonamides is 1. The van der Waals surface area contributed by atoms with Gasteiger partial charge in [-0.2, -0.15) is 0 Å². The van der Waals surface area contributed by atoms with Crippen LogP contribution in [-0.2, 0) is 10.0 Å². The monoisotopic (exact) mass is 291 g/mol. The van der Waals surface area contributed by atoms with Crippen LogP contribution in [0.2, 0.25) is 0 Å². The minimum Gasteiger partial charge on any atom is -0.387 e. The zero-order chi connectivity index (χ0) is 14.8. The normalized spacial score (nSPS) is 11.2. The number of pyridine rings is 1. The Morgan fingerprint density at radius 1 is 1.10 bits per heavy atom. The molecule has 0 fully saturated rings. The second-order valence-electron chi connectivity index (χ2n) is 4.53. The number of aryl methyl sites for hydroxylation is 2. The van der Waals surface area contributed by atoms with Crippen LogP contribution in [0.4, 0.5) is 11.4 Å². The zero-order valence-corrected chi connectivity index (χ0v) is 12.5. The molecule has 0 saturated heterocycles. The number of benzene rings is 1. The molecule has 2 rings (SSSR count). The first-order chi connectivity index (χ1) is 9.44. The maximum Gasteiger partial charge on any atom is 0.265 e. The fourth-order valence-electron chi connectivity index (χ4n) is 1.82. The Morgan fingerprint density at radius 2 is 1.85 bits per heavy atom. The second kappa shape index (κ2) is 5.50. The summed E-state index contributed by atoms with van der Waals surface area (Å²) in [4.78, 5) is 4.00. The lowest BCUT2D eigenvalue weighted by Gasteiger charge is -2.12. The lowest BCUT2D eigenvalue weighted by Crippen LogP contribution is -2.15. The van der Waals surface area contributed by atoms with Gasteiger partial charge in [-0.1, -0.05) is 6.07 Å². The van der Waals surface area contributed by atoms with E-state index in [9.17, 15) is 8.42 Å². The van der Waals surface area contributed by atoms with Crippen LogP contribution in [-0.4, -0.2) is 20.4 Å². The Kier molecular flexibility index (Phi) is 3.94. The first-order valence-corrected chi connectivity index (χ1v) is 7.64. The topological polar surface area (TPSA) is 71.1 Å². The number of hydrogen-bond donors (Lipinski definition) is 2. The van der Waals surface area contributed by atoms with E-state index in [2.05, 4.69) is 15.0 Å². The Balaban J connectivity index is 2.38. The van der Waals surface area contributed by atoms with Gasteiger partial charge in [-0.25, -0.2) is 8.42 Å². The van der Waals surface area contributed by atoms with Gasteiger partial charge in [-0.15, -0.1) is 0 Å². The molecule has 1 aromatic carbocycles. The Morgan fingerprint density at radius 3 is 2.50 bits per heavy atom. The quantitative estimate of drug-likeness (QED) is 0.908. The minimum absolute atomic E-state index is 0.126. The molecule has 0 radical (unpaired) electrons. The van der Waals surface area contributed by atoms with Crippen LogP contribution in [0.5, 0.6) is 0 Å². The van der Waals surface area contributed by atoms with Gasteiger partial charge in [0.2, 0.25) is 0 Å². The first kappa shape index (κ1) is 14.3. The van der Waals surface area contributed by atoms with Crippen LogP contribution in [0.1, 0.15) is 11.1 Å². The summed E-state index contributed by atoms with van der Waals surface area (Å²) < 4.78 is 27.3. The first-order valence-electron chi connectivity index (χ1n) is 6.16. The Labute approximate surface area is 119 Å². The molecule has 20 heavy (non-hydrogen) atoms. The van der Waals surface area contributed by atoms with E-state index in [4.69, 9.17) is 0 Å². The second-order valence-corrected chi connectivity index (χ2v) is 6.18. The molecule has 0 bridgehead atoms. The fourth-order valence-corrected chi connectivity index (χ4v) is 3.02. The van der Waals surface area contributed by atoms with Crippen LogP contribution in [0.15, 0.2) is 41.6 Å². The average molecular weight is 291 g/mol. The molecule has 0 saturated carbocycles. The number of nitrogens with one attached hydrogen (secondary N) is 2. The molecule has 0 atom stereocenters. The van der Waals surface area contributed by atoms with Crippen LogP contribution >= 0.6 is 0 Å². The van der Waals surface area contributed by atoms with Crippen molar-refractivity contribution in [2.75, 3.05) is 17.1 Å². The largest absolute Gasteiger partial charge is 0.387 e. The van der Waals surface area contributed by atoms with Gasteiger partial charge in [-0.05, 0) is 43.2 Å². The van der Waals surface area contributed by atoms with Gasteiger partial charge >= 0.3 is 0 Å². The summed E-state index contributed by atoms with van der Waals surface area (Å²) in [6.45, 7) is 3.92. The smallest absolute Gasteiger partial charge is 0.265 e. The van der Waals surface area contributed by atoms with E-state index in [0.29, 0.717) is 11.4 Å². The molecular weight excluding hydrogens is 274 g/mol. The predicted molar refractivity (Wildman–Crippen MR) is 80.5 cm³/mol. The predicted octanol–water partition coefficient (Wildman–Crippen LogP) is 2.54. The van der Waals surface area contributed by atoms with Crippen LogP contribution in [0.25, 0.3) is 0 Å². The minimum atomic E-state index is -3.66. The summed E-state index contributed by atoms with van der Waals surface area (Å²) >= 11 is 0. The highest BCUT2D eigenvalue weighted by Crippen LogP contribution is 2.23. The highest BCUT2D eigenvalue weighted by molar-refractivity contribution is 7.92. The van der Waals surface area contributed by atoms with Gasteiger partial charge in [0, 0.05) is 25.1 Å². The van der Waals surface area contributed by atoms with E-state index >= 15 is 0 Å². The Bertz CT molecular complexity index is 727. The third-order valence-corrected chi connectivity index (χ3v) is 4.51. The van der Waals surface area contributed by atoms with Crippen LogP contribution < -0.4 is 10.0 Å². The number of aromatic nitrogens is 1. The molecule has 0 unspecified atom stereocenters. The van der Waals surface area contributed by atoms with Crippen molar-refractivity contribution in [2.45, 2.75) is 18.7 Å². The SMILES string of the molecule is CNc1ccncc1S(=O)(=O)Nc1ccc(C)c(C)c1. The van der Waals surface area contributed by atoms with Gasteiger partial charge in [0.25, 0.3) is 10.0 Å². The van der Waals surface area contributed by atoms with Crippen molar-refractivity contribution >= 4 is 21.4 Å². The number of nitrogens with zero attached hydrogens (tertiary/aromatic N) is 1. The van der Waals surface area contributed by atoms with E-state index in [0.717, 1.165) is 11.1 Å². The van der Waals surface area contributed by atoms with E-state index in [1.54, 1.807) is 25.4 Å². The summed E-state index contributed by atoms with van der Waals surface area (Å²) in [6.07, 6.45) is 2.87. The van der Waals surface area contributed by atoms with E-state index < -0.39 is 10.0 Å².